The number of aliphatic imine (C=N–C) groups is 1. The van der Waals surface area contributed by atoms with Crippen LogP contribution in [0.1, 0.15) is 6.42 Å². The molecule has 0 fully saturated rings. The van der Waals surface area contributed by atoms with Gasteiger partial charge in [-0.25, -0.2) is 0 Å². The van der Waals surface area contributed by atoms with Gasteiger partial charge in [0.25, 0.3) is 0 Å². The first kappa shape index (κ1) is 11.2. The lowest BCUT2D eigenvalue weighted by Crippen LogP contribution is -2.13. The van der Waals surface area contributed by atoms with Crippen LogP contribution in [0.2, 0.25) is 0 Å². The Morgan fingerprint density at radius 2 is 1.42 bits per heavy atom. The fraction of sp³-hybridized carbons (Fsp3) is 0.800. The Labute approximate surface area is 64.1 Å². The lowest BCUT2D eigenvalue weighted by Gasteiger charge is -2.02. The second-order valence-corrected chi connectivity index (χ2v) is 1.96. The van der Waals surface area contributed by atoms with E-state index in [0.29, 0.717) is 0 Å². The second-order valence-electron chi connectivity index (χ2n) is 1.96. The number of nitrogens with zero attached hydrogens (tertiary/aromatic N) is 1. The highest BCUT2D eigenvalue weighted by atomic mass is 19.4. The monoisotopic (exact) mass is 193 g/mol. The predicted octanol–water partition coefficient (Wildman–Crippen LogP) is 2.57. The summed E-state index contributed by atoms with van der Waals surface area (Å²) in [6.07, 6.45) is -10.2. The highest BCUT2D eigenvalue weighted by Gasteiger charge is 2.28. The molecule has 0 spiro atoms. The Bertz CT molecular complexity index is 136. The minimum atomic E-state index is -4.54. The molecule has 72 valence electrons. The van der Waals surface area contributed by atoms with E-state index in [9.17, 15) is 26.3 Å². The molecule has 7 heteroatoms. The van der Waals surface area contributed by atoms with Gasteiger partial charge in [-0.15, -0.1) is 0 Å². The second kappa shape index (κ2) is 3.77. The third kappa shape index (κ3) is 9.25. The van der Waals surface area contributed by atoms with Gasteiger partial charge in [0.2, 0.25) is 0 Å². The molecule has 0 saturated carbocycles. The van der Waals surface area contributed by atoms with Crippen LogP contribution < -0.4 is 0 Å². The van der Waals surface area contributed by atoms with Crippen LogP contribution in [0.25, 0.3) is 0 Å². The van der Waals surface area contributed by atoms with Crippen LogP contribution in [0.15, 0.2) is 4.99 Å². The predicted molar refractivity (Wildman–Crippen MR) is 30.1 cm³/mol. The van der Waals surface area contributed by atoms with Crippen molar-refractivity contribution in [2.24, 2.45) is 4.99 Å². The van der Waals surface area contributed by atoms with Crippen LogP contribution >= 0.6 is 0 Å². The Hall–Kier alpha value is -0.750. The van der Waals surface area contributed by atoms with Gasteiger partial charge in [-0.05, 0) is 0 Å². The molecular formula is C5H5F6N. The molecule has 0 aromatic carbocycles. The molecule has 0 aromatic rings. The molecule has 0 aromatic heterocycles. The van der Waals surface area contributed by atoms with Gasteiger partial charge in [-0.1, -0.05) is 0 Å². The first-order valence-corrected chi connectivity index (χ1v) is 2.82. The number of hydrogen-bond acceptors (Lipinski definition) is 1. The Morgan fingerprint density at radius 3 is 1.75 bits per heavy atom. The van der Waals surface area contributed by atoms with Crippen molar-refractivity contribution in [3.05, 3.63) is 0 Å². The zero-order chi connectivity index (χ0) is 9.83. The van der Waals surface area contributed by atoms with Gasteiger partial charge >= 0.3 is 12.4 Å². The summed E-state index contributed by atoms with van der Waals surface area (Å²) in [6, 6.07) is 0. The third-order valence-electron chi connectivity index (χ3n) is 0.722. The van der Waals surface area contributed by atoms with Crippen LogP contribution in [-0.4, -0.2) is 25.1 Å². The van der Waals surface area contributed by atoms with E-state index >= 15 is 0 Å². The number of alkyl halides is 6. The van der Waals surface area contributed by atoms with Crippen molar-refractivity contribution < 1.29 is 26.3 Å². The van der Waals surface area contributed by atoms with Crippen molar-refractivity contribution in [2.75, 3.05) is 6.54 Å². The Balaban J connectivity index is 3.66. The molecule has 0 saturated heterocycles. The maximum atomic E-state index is 11.3. The molecule has 0 heterocycles. The minimum absolute atomic E-state index is 0.216. The maximum absolute atomic E-state index is 11.3. The number of hydrogen-bond donors (Lipinski definition) is 0. The van der Waals surface area contributed by atoms with Crippen LogP contribution in [0.4, 0.5) is 26.3 Å². The van der Waals surface area contributed by atoms with Crippen molar-refractivity contribution in [1.29, 1.82) is 0 Å². The molecule has 0 radical (unpaired) electrons. The summed E-state index contributed by atoms with van der Waals surface area (Å²) in [5, 5.41) is 0. The topological polar surface area (TPSA) is 12.4 Å². The highest BCUT2D eigenvalue weighted by molar-refractivity contribution is 5.58. The largest absolute Gasteiger partial charge is 0.407 e. The Morgan fingerprint density at radius 1 is 0.917 bits per heavy atom. The molecule has 0 N–H and O–H groups in total. The van der Waals surface area contributed by atoms with E-state index in [1.54, 1.807) is 0 Å². The summed E-state index contributed by atoms with van der Waals surface area (Å²) >= 11 is 0. The van der Waals surface area contributed by atoms with Crippen molar-refractivity contribution in [1.82, 2.24) is 0 Å². The van der Waals surface area contributed by atoms with Gasteiger partial charge in [0.05, 0.1) is 6.42 Å². The average molecular weight is 193 g/mol. The minimum Gasteiger partial charge on any atom is -0.288 e. The first-order valence-electron chi connectivity index (χ1n) is 2.82. The molecule has 1 nitrogen and oxygen atoms in total. The normalized spacial score (nSPS) is 14.2. The lowest BCUT2D eigenvalue weighted by molar-refractivity contribution is -0.123. The summed E-state index contributed by atoms with van der Waals surface area (Å²) in [5.41, 5.74) is 0. The first-order chi connectivity index (χ1) is 5.21. The molecule has 0 amide bonds. The third-order valence-corrected chi connectivity index (χ3v) is 0.722. The van der Waals surface area contributed by atoms with Crippen LogP contribution in [0.3, 0.4) is 0 Å². The zero-order valence-electron chi connectivity index (χ0n) is 5.71. The quantitative estimate of drug-likeness (QED) is 0.472. The molecule has 0 aliphatic heterocycles. The summed E-state index contributed by atoms with van der Waals surface area (Å²) in [7, 11) is 0. The van der Waals surface area contributed by atoms with E-state index in [0.717, 1.165) is 0 Å². The van der Waals surface area contributed by atoms with Crippen LogP contribution in [-0.2, 0) is 0 Å². The number of rotatable bonds is 2. The summed E-state index contributed by atoms with van der Waals surface area (Å²) in [4.78, 5) is 2.56. The van der Waals surface area contributed by atoms with E-state index in [1.807, 2.05) is 0 Å². The molecule has 0 rings (SSSR count). The molecule has 0 unspecified atom stereocenters. The van der Waals surface area contributed by atoms with Gasteiger partial charge in [0.1, 0.15) is 6.54 Å². The van der Waals surface area contributed by atoms with Crippen LogP contribution in [0.5, 0.6) is 0 Å². The van der Waals surface area contributed by atoms with Crippen LogP contribution in [0, 0.1) is 0 Å². The highest BCUT2D eigenvalue weighted by Crippen LogP contribution is 2.18. The molecule has 0 aliphatic rings. The van der Waals surface area contributed by atoms with Crippen molar-refractivity contribution in [3.8, 4) is 0 Å². The van der Waals surface area contributed by atoms with E-state index in [-0.39, 0.29) is 6.21 Å². The number of halogens is 6. The SMILES string of the molecule is FC(F)(F)C/C=N/CC(F)(F)F. The standard InChI is InChI=1S/C5H5F6N/c6-4(7,8)1-2-12-3-5(9,10)11/h2H,1,3H2/b12-2+. The van der Waals surface area contributed by atoms with E-state index < -0.39 is 25.3 Å². The zero-order valence-corrected chi connectivity index (χ0v) is 5.71. The average Bonchev–Trinajstić information content (AvgIpc) is 1.76. The van der Waals surface area contributed by atoms with Gasteiger partial charge in [0, 0.05) is 6.21 Å². The molecule has 0 atom stereocenters. The molecule has 12 heavy (non-hydrogen) atoms. The fourth-order valence-electron chi connectivity index (χ4n) is 0.336. The summed E-state index contributed by atoms with van der Waals surface area (Å²) in [6.45, 7) is -1.57. The smallest absolute Gasteiger partial charge is 0.288 e. The van der Waals surface area contributed by atoms with E-state index in [2.05, 4.69) is 4.99 Å². The van der Waals surface area contributed by atoms with E-state index in [4.69, 9.17) is 0 Å². The van der Waals surface area contributed by atoms with Gasteiger partial charge < -0.3 is 0 Å². The van der Waals surface area contributed by atoms with Crippen molar-refractivity contribution >= 4 is 6.21 Å². The fourth-order valence-corrected chi connectivity index (χ4v) is 0.336. The lowest BCUT2D eigenvalue weighted by atomic mass is 10.4. The van der Waals surface area contributed by atoms with Gasteiger partial charge in [-0.2, -0.15) is 26.3 Å². The Kier molecular flexibility index (Phi) is 3.54. The van der Waals surface area contributed by atoms with E-state index in [1.165, 1.54) is 0 Å². The van der Waals surface area contributed by atoms with Gasteiger partial charge in [0.15, 0.2) is 0 Å². The molecule has 0 bridgehead atoms. The molecular weight excluding hydrogens is 188 g/mol. The summed E-state index contributed by atoms with van der Waals surface area (Å²) in [5.74, 6) is 0. The maximum Gasteiger partial charge on any atom is 0.407 e. The molecule has 0 aliphatic carbocycles. The van der Waals surface area contributed by atoms with Crippen molar-refractivity contribution in [3.63, 3.8) is 0 Å². The van der Waals surface area contributed by atoms with Gasteiger partial charge in [-0.3, -0.25) is 4.99 Å². The van der Waals surface area contributed by atoms with Crippen molar-refractivity contribution in [2.45, 2.75) is 18.8 Å². The summed E-state index contributed by atoms with van der Waals surface area (Å²) < 4.78 is 67.8.